The van der Waals surface area contributed by atoms with Crippen LogP contribution in [-0.4, -0.2) is 25.3 Å². The Morgan fingerprint density at radius 2 is 1.83 bits per heavy atom. The maximum absolute atomic E-state index is 14.2. The molecule has 0 fully saturated rings. The molecule has 128 valence electrons. The van der Waals surface area contributed by atoms with Crippen molar-refractivity contribution in [1.82, 2.24) is 5.48 Å². The van der Waals surface area contributed by atoms with Gasteiger partial charge in [0.15, 0.2) is 9.84 Å². The predicted molar refractivity (Wildman–Crippen MR) is 87.3 cm³/mol. The SMILES string of the molecule is Cc1ccc(S(=O)(=O)C[C@H](C)c2ccc(C(=O)NO)cc2F)cc1. The fourth-order valence-electron chi connectivity index (χ4n) is 2.39. The predicted octanol–water partition coefficient (Wildman–Crippen LogP) is 2.83. The Bertz CT molecular complexity index is 847. The number of halogens is 1. The largest absolute Gasteiger partial charge is 0.288 e. The minimum atomic E-state index is -3.56. The van der Waals surface area contributed by atoms with E-state index in [0.717, 1.165) is 11.6 Å². The molecular formula is C17H18FNO4S. The fourth-order valence-corrected chi connectivity index (χ4v) is 3.97. The molecule has 24 heavy (non-hydrogen) atoms. The highest BCUT2D eigenvalue weighted by Crippen LogP contribution is 2.24. The molecule has 0 spiro atoms. The molecule has 0 saturated carbocycles. The quantitative estimate of drug-likeness (QED) is 0.641. The van der Waals surface area contributed by atoms with Crippen molar-refractivity contribution in [3.63, 3.8) is 0 Å². The summed E-state index contributed by atoms with van der Waals surface area (Å²) in [6.45, 7) is 3.47. The van der Waals surface area contributed by atoms with Crippen LogP contribution in [0.25, 0.3) is 0 Å². The van der Waals surface area contributed by atoms with Crippen LogP contribution in [0.3, 0.4) is 0 Å². The average Bonchev–Trinajstić information content (AvgIpc) is 2.53. The van der Waals surface area contributed by atoms with Gasteiger partial charge >= 0.3 is 0 Å². The summed E-state index contributed by atoms with van der Waals surface area (Å²) in [6, 6.07) is 10.1. The van der Waals surface area contributed by atoms with Crippen LogP contribution in [0.5, 0.6) is 0 Å². The topological polar surface area (TPSA) is 83.5 Å². The Labute approximate surface area is 140 Å². The highest BCUT2D eigenvalue weighted by atomic mass is 32.2. The number of aryl methyl sites for hydroxylation is 1. The van der Waals surface area contributed by atoms with Gasteiger partial charge in [-0.1, -0.05) is 30.7 Å². The zero-order valence-corrected chi connectivity index (χ0v) is 14.1. The third-order valence-electron chi connectivity index (χ3n) is 3.74. The van der Waals surface area contributed by atoms with E-state index in [4.69, 9.17) is 5.21 Å². The molecule has 7 heteroatoms. The summed E-state index contributed by atoms with van der Waals surface area (Å²) in [5.41, 5.74) is 2.52. The fraction of sp³-hybridized carbons (Fsp3) is 0.235. The van der Waals surface area contributed by atoms with Crippen molar-refractivity contribution in [2.75, 3.05) is 5.75 Å². The molecule has 0 saturated heterocycles. The molecule has 2 N–H and O–H groups in total. The van der Waals surface area contributed by atoms with E-state index >= 15 is 0 Å². The number of carbonyl (C=O) groups is 1. The molecule has 0 radical (unpaired) electrons. The van der Waals surface area contributed by atoms with Crippen LogP contribution in [0.1, 0.15) is 34.3 Å². The van der Waals surface area contributed by atoms with Gasteiger partial charge in [-0.3, -0.25) is 10.0 Å². The number of hydrogen-bond donors (Lipinski definition) is 2. The molecule has 0 aliphatic heterocycles. The second kappa shape index (κ2) is 7.11. The monoisotopic (exact) mass is 351 g/mol. The van der Waals surface area contributed by atoms with E-state index in [1.165, 1.54) is 29.7 Å². The van der Waals surface area contributed by atoms with Gasteiger partial charge < -0.3 is 0 Å². The van der Waals surface area contributed by atoms with Crippen molar-refractivity contribution < 1.29 is 22.8 Å². The minimum Gasteiger partial charge on any atom is -0.288 e. The maximum Gasteiger partial charge on any atom is 0.274 e. The lowest BCUT2D eigenvalue weighted by molar-refractivity contribution is 0.0706. The summed E-state index contributed by atoms with van der Waals surface area (Å²) in [4.78, 5) is 11.5. The van der Waals surface area contributed by atoms with Crippen molar-refractivity contribution in [3.05, 3.63) is 65.0 Å². The third-order valence-corrected chi connectivity index (χ3v) is 5.67. The first-order chi connectivity index (χ1) is 11.2. The Balaban J connectivity index is 2.24. The molecule has 0 aliphatic carbocycles. The van der Waals surface area contributed by atoms with Crippen molar-refractivity contribution >= 4 is 15.7 Å². The van der Waals surface area contributed by atoms with Crippen LogP contribution < -0.4 is 5.48 Å². The third kappa shape index (κ3) is 3.98. The molecule has 1 atom stereocenters. The van der Waals surface area contributed by atoms with E-state index in [-0.39, 0.29) is 21.8 Å². The van der Waals surface area contributed by atoms with Gasteiger partial charge in [-0.2, -0.15) is 0 Å². The van der Waals surface area contributed by atoms with E-state index in [2.05, 4.69) is 0 Å². The molecular weight excluding hydrogens is 333 g/mol. The lowest BCUT2D eigenvalue weighted by Crippen LogP contribution is -2.19. The smallest absolute Gasteiger partial charge is 0.274 e. The number of benzene rings is 2. The van der Waals surface area contributed by atoms with Crippen molar-refractivity contribution in [2.45, 2.75) is 24.7 Å². The Hall–Kier alpha value is -2.25. The Morgan fingerprint density at radius 3 is 2.38 bits per heavy atom. The maximum atomic E-state index is 14.2. The van der Waals surface area contributed by atoms with E-state index in [9.17, 15) is 17.6 Å². The van der Waals surface area contributed by atoms with E-state index in [1.807, 2.05) is 6.92 Å². The molecule has 0 aliphatic rings. The van der Waals surface area contributed by atoms with Crippen LogP contribution in [0.4, 0.5) is 4.39 Å². The summed E-state index contributed by atoms with van der Waals surface area (Å²) in [6.07, 6.45) is 0. The minimum absolute atomic E-state index is 0.0488. The first-order valence-electron chi connectivity index (χ1n) is 7.28. The molecule has 0 unspecified atom stereocenters. The Morgan fingerprint density at radius 1 is 1.21 bits per heavy atom. The van der Waals surface area contributed by atoms with Gasteiger partial charge in [0.05, 0.1) is 10.6 Å². The zero-order valence-electron chi connectivity index (χ0n) is 13.3. The molecule has 2 aromatic carbocycles. The van der Waals surface area contributed by atoms with E-state index < -0.39 is 27.5 Å². The first-order valence-corrected chi connectivity index (χ1v) is 8.93. The number of hydroxylamine groups is 1. The van der Waals surface area contributed by atoms with Gasteiger partial charge in [-0.15, -0.1) is 0 Å². The molecule has 2 rings (SSSR count). The van der Waals surface area contributed by atoms with Gasteiger partial charge in [-0.05, 0) is 42.7 Å². The summed E-state index contributed by atoms with van der Waals surface area (Å²) in [7, 11) is -3.56. The van der Waals surface area contributed by atoms with Crippen LogP contribution in [-0.2, 0) is 9.84 Å². The second-order valence-corrected chi connectivity index (χ2v) is 7.71. The lowest BCUT2D eigenvalue weighted by atomic mass is 10.0. The van der Waals surface area contributed by atoms with E-state index in [1.54, 1.807) is 19.1 Å². The van der Waals surface area contributed by atoms with Crippen LogP contribution >= 0.6 is 0 Å². The molecule has 0 heterocycles. The Kier molecular flexibility index (Phi) is 5.36. The number of hydrogen-bond acceptors (Lipinski definition) is 4. The second-order valence-electron chi connectivity index (χ2n) is 5.67. The lowest BCUT2D eigenvalue weighted by Gasteiger charge is -2.14. The van der Waals surface area contributed by atoms with Gasteiger partial charge in [0.25, 0.3) is 5.91 Å². The first kappa shape index (κ1) is 18.1. The highest BCUT2D eigenvalue weighted by molar-refractivity contribution is 7.91. The summed E-state index contributed by atoms with van der Waals surface area (Å²) >= 11 is 0. The van der Waals surface area contributed by atoms with Crippen LogP contribution in [0.15, 0.2) is 47.4 Å². The normalized spacial score (nSPS) is 12.7. The molecule has 5 nitrogen and oxygen atoms in total. The average molecular weight is 351 g/mol. The molecule has 2 aromatic rings. The van der Waals surface area contributed by atoms with Crippen molar-refractivity contribution in [1.29, 1.82) is 0 Å². The van der Waals surface area contributed by atoms with Gasteiger partial charge in [0.1, 0.15) is 5.82 Å². The number of carbonyl (C=O) groups excluding carboxylic acids is 1. The van der Waals surface area contributed by atoms with Crippen molar-refractivity contribution in [3.8, 4) is 0 Å². The summed E-state index contributed by atoms with van der Waals surface area (Å²) < 4.78 is 39.1. The molecule has 0 bridgehead atoms. The van der Waals surface area contributed by atoms with Gasteiger partial charge in [0.2, 0.25) is 0 Å². The zero-order chi connectivity index (χ0) is 17.9. The standard InChI is InChI=1S/C17H18FNO4S/c1-11-3-6-14(7-4-11)24(22,23)10-12(2)15-8-5-13(9-16(15)18)17(20)19-21/h3-9,12,21H,10H2,1-2H3,(H,19,20)/t12-/m0/s1. The number of amides is 1. The molecule has 0 aromatic heterocycles. The van der Waals surface area contributed by atoms with Gasteiger partial charge in [0, 0.05) is 5.56 Å². The molecule has 1 amide bonds. The van der Waals surface area contributed by atoms with Crippen LogP contribution in [0.2, 0.25) is 0 Å². The summed E-state index contributed by atoms with van der Waals surface area (Å²) in [5, 5.41) is 8.55. The number of rotatable bonds is 5. The van der Waals surface area contributed by atoms with E-state index in [0.29, 0.717) is 0 Å². The summed E-state index contributed by atoms with van der Waals surface area (Å²) in [5.74, 6) is -2.37. The number of nitrogens with one attached hydrogen (secondary N) is 1. The van der Waals surface area contributed by atoms with Crippen molar-refractivity contribution in [2.24, 2.45) is 0 Å². The van der Waals surface area contributed by atoms with Crippen LogP contribution in [0, 0.1) is 12.7 Å². The number of sulfone groups is 1. The highest BCUT2D eigenvalue weighted by Gasteiger charge is 2.22. The van der Waals surface area contributed by atoms with Gasteiger partial charge in [-0.25, -0.2) is 18.3 Å².